The molecule has 0 atom stereocenters. The first-order valence-corrected chi connectivity index (χ1v) is 6.39. The summed E-state index contributed by atoms with van der Waals surface area (Å²) >= 11 is 12.0. The van der Waals surface area contributed by atoms with Crippen LogP contribution in [-0.4, -0.2) is 5.88 Å². The van der Waals surface area contributed by atoms with Crippen molar-refractivity contribution in [3.05, 3.63) is 70.5 Å². The minimum absolute atomic E-state index is 0.259. The van der Waals surface area contributed by atoms with Crippen molar-refractivity contribution in [2.45, 2.75) is 0 Å². The van der Waals surface area contributed by atoms with Crippen LogP contribution in [0.25, 0.3) is 11.6 Å². The van der Waals surface area contributed by atoms with Crippen LogP contribution in [0.3, 0.4) is 0 Å². The highest BCUT2D eigenvalue weighted by atomic mass is 35.5. The predicted octanol–water partition coefficient (Wildman–Crippen LogP) is 5.26. The third kappa shape index (κ3) is 3.12. The fourth-order valence-corrected chi connectivity index (χ4v) is 2.06. The Kier molecular flexibility index (Phi) is 4.40. The molecule has 2 aromatic carbocycles. The van der Waals surface area contributed by atoms with E-state index < -0.39 is 0 Å². The second-order valence-corrected chi connectivity index (χ2v) is 4.51. The molecule has 0 unspecified atom stereocenters. The van der Waals surface area contributed by atoms with Gasteiger partial charge in [0, 0.05) is 10.9 Å². The summed E-state index contributed by atoms with van der Waals surface area (Å²) in [6.07, 6.45) is 1.92. The number of hydrogen-bond acceptors (Lipinski definition) is 0. The Labute approximate surface area is 116 Å². The molecule has 0 heterocycles. The van der Waals surface area contributed by atoms with E-state index in [2.05, 4.69) is 0 Å². The Morgan fingerprint density at radius 3 is 2.33 bits per heavy atom. The van der Waals surface area contributed by atoms with Crippen molar-refractivity contribution < 1.29 is 4.39 Å². The summed E-state index contributed by atoms with van der Waals surface area (Å²) < 4.78 is 12.9. The first kappa shape index (κ1) is 13.1. The first-order chi connectivity index (χ1) is 8.70. The maximum Gasteiger partial charge on any atom is 0.123 e. The van der Waals surface area contributed by atoms with Gasteiger partial charge in [0.15, 0.2) is 0 Å². The second kappa shape index (κ2) is 6.03. The lowest BCUT2D eigenvalue weighted by Crippen LogP contribution is -1.87. The van der Waals surface area contributed by atoms with Crippen molar-refractivity contribution in [2.24, 2.45) is 0 Å². The summed E-state index contributed by atoms with van der Waals surface area (Å²) in [6.45, 7) is 0. The lowest BCUT2D eigenvalue weighted by Gasteiger charge is -2.05. The van der Waals surface area contributed by atoms with Gasteiger partial charge in [-0.15, -0.1) is 11.6 Å². The zero-order valence-electron chi connectivity index (χ0n) is 9.54. The average Bonchev–Trinajstić information content (AvgIpc) is 2.39. The zero-order chi connectivity index (χ0) is 13.0. The van der Waals surface area contributed by atoms with Crippen molar-refractivity contribution in [1.82, 2.24) is 0 Å². The molecule has 2 aromatic rings. The molecule has 0 spiro atoms. The Hall–Kier alpha value is -1.31. The number of halogens is 3. The van der Waals surface area contributed by atoms with Gasteiger partial charge >= 0.3 is 0 Å². The van der Waals surface area contributed by atoms with Gasteiger partial charge in [0.05, 0.1) is 0 Å². The molecule has 3 heteroatoms. The van der Waals surface area contributed by atoms with E-state index in [1.807, 2.05) is 30.3 Å². The van der Waals surface area contributed by atoms with Crippen molar-refractivity contribution in [1.29, 1.82) is 0 Å². The average molecular weight is 281 g/mol. The molecule has 18 heavy (non-hydrogen) atoms. The van der Waals surface area contributed by atoms with Gasteiger partial charge in [-0.3, -0.25) is 0 Å². The van der Waals surface area contributed by atoms with Crippen LogP contribution in [0, 0.1) is 5.82 Å². The Morgan fingerprint density at radius 1 is 1.06 bits per heavy atom. The number of allylic oxidation sites excluding steroid dienone is 1. The van der Waals surface area contributed by atoms with Gasteiger partial charge in [0.2, 0.25) is 0 Å². The molecule has 0 radical (unpaired) electrons. The molecule has 0 aliphatic rings. The minimum Gasteiger partial charge on any atom is -0.207 e. The lowest BCUT2D eigenvalue weighted by molar-refractivity contribution is 0.627. The van der Waals surface area contributed by atoms with Crippen molar-refractivity contribution >= 4 is 34.9 Å². The molecule has 0 nitrogen and oxygen atoms in total. The molecule has 0 saturated carbocycles. The summed E-state index contributed by atoms with van der Waals surface area (Å²) in [7, 11) is 0. The van der Waals surface area contributed by atoms with Crippen molar-refractivity contribution in [2.75, 3.05) is 5.88 Å². The van der Waals surface area contributed by atoms with Crippen molar-refractivity contribution in [3.63, 3.8) is 0 Å². The first-order valence-electron chi connectivity index (χ1n) is 5.47. The van der Waals surface area contributed by atoms with Crippen LogP contribution >= 0.6 is 23.2 Å². The molecule has 0 N–H and O–H groups in total. The van der Waals surface area contributed by atoms with E-state index in [0.29, 0.717) is 10.9 Å². The third-order valence-electron chi connectivity index (χ3n) is 2.59. The highest BCUT2D eigenvalue weighted by Gasteiger charge is 2.03. The molecular formula is C15H11Cl2F. The van der Waals surface area contributed by atoms with E-state index in [1.165, 1.54) is 12.1 Å². The Balaban J connectivity index is 2.40. The Morgan fingerprint density at radius 2 is 1.72 bits per heavy atom. The monoisotopic (exact) mass is 280 g/mol. The van der Waals surface area contributed by atoms with Crippen molar-refractivity contribution in [3.8, 4) is 0 Å². The predicted molar refractivity (Wildman–Crippen MR) is 76.4 cm³/mol. The smallest absolute Gasteiger partial charge is 0.123 e. The van der Waals surface area contributed by atoms with Gasteiger partial charge in [-0.1, -0.05) is 41.9 Å². The van der Waals surface area contributed by atoms with E-state index in [0.717, 1.165) is 16.7 Å². The van der Waals surface area contributed by atoms with Gasteiger partial charge in [0.1, 0.15) is 5.82 Å². The normalized spacial score (nSPS) is 11.6. The van der Waals surface area contributed by atoms with E-state index in [1.54, 1.807) is 12.1 Å². The minimum atomic E-state index is -0.259. The van der Waals surface area contributed by atoms with E-state index >= 15 is 0 Å². The molecule has 0 amide bonds. The largest absolute Gasteiger partial charge is 0.207 e. The van der Waals surface area contributed by atoms with Crippen LogP contribution in [0.4, 0.5) is 4.39 Å². The molecule has 0 fully saturated rings. The standard InChI is InChI=1S/C15H11Cl2F/c16-10-13(11-5-7-14(18)8-6-11)9-12-3-1-2-4-15(12)17/h1-9H,10H2/b13-9-. The number of benzene rings is 2. The van der Waals surface area contributed by atoms with E-state index in [-0.39, 0.29) is 5.82 Å². The molecule has 2 rings (SSSR count). The summed E-state index contributed by atoms with van der Waals surface area (Å²) in [5, 5.41) is 0.669. The molecule has 0 saturated heterocycles. The fraction of sp³-hybridized carbons (Fsp3) is 0.0667. The van der Waals surface area contributed by atoms with Gasteiger partial charge in [0.25, 0.3) is 0 Å². The quantitative estimate of drug-likeness (QED) is 0.532. The Bertz CT molecular complexity index is 559. The summed E-state index contributed by atoms with van der Waals surface area (Å²) in [4.78, 5) is 0. The molecule has 0 aliphatic heterocycles. The van der Waals surface area contributed by atoms with Crippen LogP contribution < -0.4 is 0 Å². The molecule has 0 bridgehead atoms. The maximum atomic E-state index is 12.9. The SMILES string of the molecule is Fc1ccc(/C(=C\c2ccccc2Cl)CCl)cc1. The summed E-state index contributed by atoms with van der Waals surface area (Å²) in [5.41, 5.74) is 2.70. The number of hydrogen-bond donors (Lipinski definition) is 0. The number of alkyl halides is 1. The molecule has 0 aliphatic carbocycles. The highest BCUT2D eigenvalue weighted by molar-refractivity contribution is 6.32. The van der Waals surface area contributed by atoms with Crippen LogP contribution in [0.1, 0.15) is 11.1 Å². The molecule has 0 aromatic heterocycles. The second-order valence-electron chi connectivity index (χ2n) is 3.83. The maximum absolute atomic E-state index is 12.9. The lowest BCUT2D eigenvalue weighted by atomic mass is 10.0. The van der Waals surface area contributed by atoms with Gasteiger partial charge in [-0.2, -0.15) is 0 Å². The topological polar surface area (TPSA) is 0 Å². The fourth-order valence-electron chi connectivity index (χ4n) is 1.64. The van der Waals surface area contributed by atoms with Crippen LogP contribution in [0.15, 0.2) is 48.5 Å². The molecule has 92 valence electrons. The number of rotatable bonds is 3. The van der Waals surface area contributed by atoms with E-state index in [4.69, 9.17) is 23.2 Å². The summed E-state index contributed by atoms with van der Waals surface area (Å²) in [5.74, 6) is 0.0852. The van der Waals surface area contributed by atoms with Crippen LogP contribution in [-0.2, 0) is 0 Å². The van der Waals surface area contributed by atoms with Gasteiger partial charge < -0.3 is 0 Å². The third-order valence-corrected chi connectivity index (χ3v) is 3.23. The van der Waals surface area contributed by atoms with Crippen LogP contribution in [0.5, 0.6) is 0 Å². The van der Waals surface area contributed by atoms with Gasteiger partial charge in [-0.25, -0.2) is 4.39 Å². The van der Waals surface area contributed by atoms with Crippen LogP contribution in [0.2, 0.25) is 5.02 Å². The zero-order valence-corrected chi connectivity index (χ0v) is 11.0. The molecular weight excluding hydrogens is 270 g/mol. The van der Waals surface area contributed by atoms with Gasteiger partial charge in [-0.05, 0) is 41.0 Å². The summed E-state index contributed by atoms with van der Waals surface area (Å²) in [6, 6.07) is 13.8. The highest BCUT2D eigenvalue weighted by Crippen LogP contribution is 2.24. The van der Waals surface area contributed by atoms with E-state index in [9.17, 15) is 4.39 Å².